The summed E-state index contributed by atoms with van der Waals surface area (Å²) in [5.41, 5.74) is 1.31. The first kappa shape index (κ1) is 11.6. The SMILES string of the molecule is CC(C)N(Cc1ccccc1)c1ccccn1. The van der Waals surface area contributed by atoms with E-state index in [0.717, 1.165) is 12.4 Å². The monoisotopic (exact) mass is 226 g/mol. The van der Waals surface area contributed by atoms with Crippen LogP contribution >= 0.6 is 0 Å². The third-order valence-electron chi connectivity index (χ3n) is 2.76. The molecule has 88 valence electrons. The molecule has 0 amide bonds. The number of pyridine rings is 1. The number of hydrogen-bond acceptors (Lipinski definition) is 2. The molecule has 2 rings (SSSR count). The van der Waals surface area contributed by atoms with Crippen molar-refractivity contribution in [3.05, 3.63) is 60.3 Å². The van der Waals surface area contributed by atoms with Crippen molar-refractivity contribution in [3.8, 4) is 0 Å². The second kappa shape index (κ2) is 5.48. The summed E-state index contributed by atoms with van der Waals surface area (Å²) in [6, 6.07) is 17.0. The Morgan fingerprint density at radius 2 is 1.71 bits per heavy atom. The van der Waals surface area contributed by atoms with Crippen molar-refractivity contribution in [2.45, 2.75) is 26.4 Å². The predicted octanol–water partition coefficient (Wildman–Crippen LogP) is 3.50. The van der Waals surface area contributed by atoms with E-state index in [2.05, 4.69) is 54.1 Å². The van der Waals surface area contributed by atoms with Crippen molar-refractivity contribution in [2.24, 2.45) is 0 Å². The molecule has 0 aliphatic carbocycles. The molecule has 0 N–H and O–H groups in total. The third kappa shape index (κ3) is 3.06. The van der Waals surface area contributed by atoms with Gasteiger partial charge in [-0.1, -0.05) is 36.4 Å². The summed E-state index contributed by atoms with van der Waals surface area (Å²) in [5, 5.41) is 0. The van der Waals surface area contributed by atoms with Gasteiger partial charge in [-0.25, -0.2) is 4.98 Å². The Morgan fingerprint density at radius 3 is 2.29 bits per heavy atom. The summed E-state index contributed by atoms with van der Waals surface area (Å²) in [5.74, 6) is 1.03. The highest BCUT2D eigenvalue weighted by atomic mass is 15.2. The van der Waals surface area contributed by atoms with Crippen LogP contribution in [0.2, 0.25) is 0 Å². The Kier molecular flexibility index (Phi) is 3.76. The topological polar surface area (TPSA) is 16.1 Å². The minimum atomic E-state index is 0.435. The number of aromatic nitrogens is 1. The van der Waals surface area contributed by atoms with Gasteiger partial charge < -0.3 is 4.90 Å². The largest absolute Gasteiger partial charge is 0.350 e. The van der Waals surface area contributed by atoms with Crippen LogP contribution in [0.15, 0.2) is 54.7 Å². The fourth-order valence-corrected chi connectivity index (χ4v) is 1.83. The van der Waals surface area contributed by atoms with E-state index in [0.29, 0.717) is 6.04 Å². The van der Waals surface area contributed by atoms with E-state index in [-0.39, 0.29) is 0 Å². The van der Waals surface area contributed by atoms with Gasteiger partial charge in [-0.3, -0.25) is 0 Å². The Morgan fingerprint density at radius 1 is 1.00 bits per heavy atom. The van der Waals surface area contributed by atoms with Crippen LogP contribution < -0.4 is 4.90 Å². The van der Waals surface area contributed by atoms with Crippen molar-refractivity contribution >= 4 is 5.82 Å². The van der Waals surface area contributed by atoms with Gasteiger partial charge in [0.1, 0.15) is 5.82 Å². The second-order valence-corrected chi connectivity index (χ2v) is 4.40. The normalized spacial score (nSPS) is 10.5. The molecule has 0 atom stereocenters. The standard InChI is InChI=1S/C15H18N2/c1-13(2)17(15-10-6-7-11-16-15)12-14-8-4-3-5-9-14/h3-11,13H,12H2,1-2H3. The predicted molar refractivity (Wildman–Crippen MR) is 72.0 cm³/mol. The number of rotatable bonds is 4. The van der Waals surface area contributed by atoms with Crippen LogP contribution in [-0.2, 0) is 6.54 Å². The first-order chi connectivity index (χ1) is 8.27. The van der Waals surface area contributed by atoms with Gasteiger partial charge in [-0.05, 0) is 31.5 Å². The lowest BCUT2D eigenvalue weighted by Gasteiger charge is -2.27. The van der Waals surface area contributed by atoms with Crippen LogP contribution in [-0.4, -0.2) is 11.0 Å². The highest BCUT2D eigenvalue weighted by Crippen LogP contribution is 2.16. The van der Waals surface area contributed by atoms with E-state index in [1.807, 2.05) is 24.4 Å². The molecule has 0 aliphatic rings. The van der Waals surface area contributed by atoms with Crippen LogP contribution in [0.3, 0.4) is 0 Å². The van der Waals surface area contributed by atoms with Crippen molar-refractivity contribution in [3.63, 3.8) is 0 Å². The summed E-state index contributed by atoms with van der Waals surface area (Å²) >= 11 is 0. The van der Waals surface area contributed by atoms with Crippen molar-refractivity contribution in [1.29, 1.82) is 0 Å². The molecule has 2 aromatic rings. The van der Waals surface area contributed by atoms with Crippen molar-refractivity contribution in [1.82, 2.24) is 4.98 Å². The molecule has 0 saturated heterocycles. The first-order valence-electron chi connectivity index (χ1n) is 5.99. The van der Waals surface area contributed by atoms with Crippen LogP contribution in [0.1, 0.15) is 19.4 Å². The Hall–Kier alpha value is -1.83. The van der Waals surface area contributed by atoms with Crippen molar-refractivity contribution < 1.29 is 0 Å². The quantitative estimate of drug-likeness (QED) is 0.793. The van der Waals surface area contributed by atoms with E-state index in [1.165, 1.54) is 5.56 Å². The fourth-order valence-electron chi connectivity index (χ4n) is 1.83. The summed E-state index contributed by atoms with van der Waals surface area (Å²) in [7, 11) is 0. The van der Waals surface area contributed by atoms with Gasteiger partial charge in [0.2, 0.25) is 0 Å². The fraction of sp³-hybridized carbons (Fsp3) is 0.267. The minimum absolute atomic E-state index is 0.435. The molecule has 0 unspecified atom stereocenters. The van der Waals surface area contributed by atoms with Gasteiger partial charge in [0.25, 0.3) is 0 Å². The summed E-state index contributed by atoms with van der Waals surface area (Å²) in [6.07, 6.45) is 1.84. The molecule has 17 heavy (non-hydrogen) atoms. The lowest BCUT2D eigenvalue weighted by Crippen LogP contribution is -2.30. The lowest BCUT2D eigenvalue weighted by atomic mass is 10.2. The summed E-state index contributed by atoms with van der Waals surface area (Å²) in [6.45, 7) is 5.28. The highest BCUT2D eigenvalue weighted by molar-refractivity contribution is 5.40. The number of hydrogen-bond donors (Lipinski definition) is 0. The first-order valence-corrected chi connectivity index (χ1v) is 5.99. The average molecular weight is 226 g/mol. The van der Waals surface area contributed by atoms with Gasteiger partial charge in [-0.15, -0.1) is 0 Å². The molecule has 0 aliphatic heterocycles. The van der Waals surface area contributed by atoms with Gasteiger partial charge in [-0.2, -0.15) is 0 Å². The van der Waals surface area contributed by atoms with Gasteiger partial charge in [0, 0.05) is 18.8 Å². The molecule has 1 heterocycles. The second-order valence-electron chi connectivity index (χ2n) is 4.40. The van der Waals surface area contributed by atoms with Crippen LogP contribution in [0.4, 0.5) is 5.82 Å². The van der Waals surface area contributed by atoms with E-state index in [4.69, 9.17) is 0 Å². The molecule has 0 spiro atoms. The smallest absolute Gasteiger partial charge is 0.128 e. The zero-order chi connectivity index (χ0) is 12.1. The van der Waals surface area contributed by atoms with Gasteiger partial charge in [0.05, 0.1) is 0 Å². The molecule has 1 aromatic heterocycles. The molecular formula is C15H18N2. The van der Waals surface area contributed by atoms with Gasteiger partial charge in [0.15, 0.2) is 0 Å². The zero-order valence-electron chi connectivity index (χ0n) is 10.4. The van der Waals surface area contributed by atoms with E-state index < -0.39 is 0 Å². The van der Waals surface area contributed by atoms with E-state index in [1.54, 1.807) is 0 Å². The van der Waals surface area contributed by atoms with E-state index >= 15 is 0 Å². The summed E-state index contributed by atoms with van der Waals surface area (Å²) in [4.78, 5) is 6.72. The Bertz CT molecular complexity index is 437. The molecule has 0 fully saturated rings. The third-order valence-corrected chi connectivity index (χ3v) is 2.76. The van der Waals surface area contributed by atoms with Crippen LogP contribution in [0.5, 0.6) is 0 Å². The molecule has 0 saturated carbocycles. The summed E-state index contributed by atoms with van der Waals surface area (Å²) < 4.78 is 0. The van der Waals surface area contributed by atoms with Gasteiger partial charge >= 0.3 is 0 Å². The molecule has 0 bridgehead atoms. The molecular weight excluding hydrogens is 208 g/mol. The number of nitrogens with zero attached hydrogens (tertiary/aromatic N) is 2. The maximum Gasteiger partial charge on any atom is 0.128 e. The maximum absolute atomic E-state index is 4.42. The van der Waals surface area contributed by atoms with Crippen molar-refractivity contribution in [2.75, 3.05) is 4.90 Å². The molecule has 1 aromatic carbocycles. The molecule has 2 heteroatoms. The highest BCUT2D eigenvalue weighted by Gasteiger charge is 2.11. The maximum atomic E-state index is 4.42. The Labute approximate surface area is 103 Å². The number of anilines is 1. The number of benzene rings is 1. The zero-order valence-corrected chi connectivity index (χ0v) is 10.4. The van der Waals surface area contributed by atoms with Crippen LogP contribution in [0.25, 0.3) is 0 Å². The molecule has 0 radical (unpaired) electrons. The average Bonchev–Trinajstić information content (AvgIpc) is 2.38. The Balaban J connectivity index is 2.20. The minimum Gasteiger partial charge on any atom is -0.350 e. The lowest BCUT2D eigenvalue weighted by molar-refractivity contribution is 0.672. The van der Waals surface area contributed by atoms with E-state index in [9.17, 15) is 0 Å². The molecule has 2 nitrogen and oxygen atoms in total. The van der Waals surface area contributed by atoms with Crippen LogP contribution in [0, 0.1) is 0 Å².